The Morgan fingerprint density at radius 1 is 1.50 bits per heavy atom. The van der Waals surface area contributed by atoms with Gasteiger partial charge in [-0.05, 0) is 31.4 Å². The van der Waals surface area contributed by atoms with Crippen LogP contribution >= 0.6 is 0 Å². The fourth-order valence-electron chi connectivity index (χ4n) is 2.87. The van der Waals surface area contributed by atoms with Crippen molar-refractivity contribution in [2.75, 3.05) is 18.9 Å². The summed E-state index contributed by atoms with van der Waals surface area (Å²) in [6, 6.07) is 5.48. The lowest BCUT2D eigenvalue weighted by Gasteiger charge is -2.28. The molecule has 1 aliphatic heterocycles. The zero-order valence-electron chi connectivity index (χ0n) is 13.0. The normalized spacial score (nSPS) is 16.9. The molecular formula is C16H21N5O. The minimum absolute atomic E-state index is 0.116. The molecule has 6 nitrogen and oxygen atoms in total. The number of carbonyl (C=O) groups is 1. The highest BCUT2D eigenvalue weighted by molar-refractivity contribution is 5.88. The van der Waals surface area contributed by atoms with E-state index in [0.29, 0.717) is 11.7 Å². The van der Waals surface area contributed by atoms with E-state index in [1.54, 1.807) is 11.0 Å². The van der Waals surface area contributed by atoms with Crippen LogP contribution in [0.1, 0.15) is 17.9 Å². The lowest BCUT2D eigenvalue weighted by molar-refractivity contribution is 0.205. The number of fused-ring (bicyclic) bond motifs is 1. The largest absolute Gasteiger partial charge is 0.335 e. The number of nitrogens with zero attached hydrogens (tertiary/aromatic N) is 4. The molecular weight excluding hydrogens is 278 g/mol. The number of imidazole rings is 1. The van der Waals surface area contributed by atoms with Crippen molar-refractivity contribution < 1.29 is 4.79 Å². The molecule has 116 valence electrons. The molecule has 1 atom stereocenters. The number of aryl methyl sites for hydroxylation is 2. The third-order valence-electron chi connectivity index (χ3n) is 4.03. The van der Waals surface area contributed by atoms with Gasteiger partial charge in [-0.2, -0.15) is 0 Å². The van der Waals surface area contributed by atoms with E-state index in [1.807, 2.05) is 38.5 Å². The van der Waals surface area contributed by atoms with Gasteiger partial charge in [0.2, 0.25) is 0 Å². The summed E-state index contributed by atoms with van der Waals surface area (Å²) >= 11 is 0. The summed E-state index contributed by atoms with van der Waals surface area (Å²) in [5.74, 6) is 2.20. The Morgan fingerprint density at radius 2 is 2.36 bits per heavy atom. The van der Waals surface area contributed by atoms with Gasteiger partial charge >= 0.3 is 6.03 Å². The third-order valence-corrected chi connectivity index (χ3v) is 4.03. The van der Waals surface area contributed by atoms with Crippen LogP contribution in [0.15, 0.2) is 30.6 Å². The van der Waals surface area contributed by atoms with E-state index in [1.165, 1.54) is 0 Å². The number of carbonyl (C=O) groups excluding carboxylic acids is 1. The first-order valence-corrected chi connectivity index (χ1v) is 7.57. The van der Waals surface area contributed by atoms with Crippen molar-refractivity contribution >= 4 is 11.8 Å². The smallest absolute Gasteiger partial charge is 0.322 e. The van der Waals surface area contributed by atoms with Crippen molar-refractivity contribution in [2.24, 2.45) is 5.92 Å². The Bertz CT molecular complexity index is 666. The molecule has 3 rings (SSSR count). The van der Waals surface area contributed by atoms with E-state index in [9.17, 15) is 4.79 Å². The maximum absolute atomic E-state index is 12.2. The first kappa shape index (κ1) is 14.6. The summed E-state index contributed by atoms with van der Waals surface area (Å²) in [7, 11) is 1.83. The van der Waals surface area contributed by atoms with Gasteiger partial charge in [0, 0.05) is 44.6 Å². The number of hydrogen-bond acceptors (Lipinski definition) is 3. The van der Waals surface area contributed by atoms with Crippen molar-refractivity contribution in [2.45, 2.75) is 26.3 Å². The predicted octanol–water partition coefficient (Wildman–Crippen LogP) is 2.31. The highest BCUT2D eigenvalue weighted by Gasteiger charge is 2.22. The minimum Gasteiger partial charge on any atom is -0.335 e. The van der Waals surface area contributed by atoms with Crippen molar-refractivity contribution in [1.29, 1.82) is 0 Å². The number of rotatable bonds is 3. The van der Waals surface area contributed by atoms with E-state index in [0.717, 1.165) is 37.4 Å². The number of urea groups is 1. The second-order valence-corrected chi connectivity index (χ2v) is 5.88. The van der Waals surface area contributed by atoms with E-state index < -0.39 is 0 Å². The van der Waals surface area contributed by atoms with Crippen LogP contribution in [-0.4, -0.2) is 39.1 Å². The molecule has 2 aromatic heterocycles. The second-order valence-electron chi connectivity index (χ2n) is 5.88. The number of hydrogen-bond donors (Lipinski definition) is 1. The van der Waals surface area contributed by atoms with Crippen LogP contribution in [-0.2, 0) is 13.0 Å². The number of pyridine rings is 1. The molecule has 1 aliphatic rings. The Balaban J connectivity index is 1.55. The molecule has 2 amide bonds. The average Bonchev–Trinajstić information content (AvgIpc) is 2.94. The summed E-state index contributed by atoms with van der Waals surface area (Å²) < 4.78 is 2.18. The maximum atomic E-state index is 12.2. The monoisotopic (exact) mass is 299 g/mol. The molecule has 0 saturated carbocycles. The van der Waals surface area contributed by atoms with E-state index in [4.69, 9.17) is 0 Å². The molecule has 1 N–H and O–H groups in total. The molecule has 22 heavy (non-hydrogen) atoms. The number of amides is 2. The van der Waals surface area contributed by atoms with Gasteiger partial charge in [-0.25, -0.2) is 14.8 Å². The Kier molecular flexibility index (Phi) is 4.09. The van der Waals surface area contributed by atoms with Crippen LogP contribution in [0.4, 0.5) is 10.6 Å². The van der Waals surface area contributed by atoms with Crippen LogP contribution in [0.3, 0.4) is 0 Å². The van der Waals surface area contributed by atoms with Crippen LogP contribution < -0.4 is 5.32 Å². The fraction of sp³-hybridized carbons (Fsp3) is 0.438. The highest BCUT2D eigenvalue weighted by Crippen LogP contribution is 2.19. The van der Waals surface area contributed by atoms with Crippen LogP contribution in [0, 0.1) is 12.8 Å². The average molecular weight is 299 g/mol. The predicted molar refractivity (Wildman–Crippen MR) is 84.7 cm³/mol. The summed E-state index contributed by atoms with van der Waals surface area (Å²) in [5, 5.41) is 2.84. The van der Waals surface area contributed by atoms with E-state index in [2.05, 4.69) is 19.9 Å². The summed E-state index contributed by atoms with van der Waals surface area (Å²) in [4.78, 5) is 22.6. The van der Waals surface area contributed by atoms with Crippen molar-refractivity contribution in [3.05, 3.63) is 42.1 Å². The SMILES string of the molecule is Cc1cccc(NC(=O)N(C)C[C@H]2CCc3nccn3C2)n1. The topological polar surface area (TPSA) is 63.1 Å². The van der Waals surface area contributed by atoms with Gasteiger partial charge in [0.1, 0.15) is 11.6 Å². The molecule has 0 saturated heterocycles. The van der Waals surface area contributed by atoms with Gasteiger partial charge in [-0.3, -0.25) is 5.32 Å². The minimum atomic E-state index is -0.116. The molecule has 0 fully saturated rings. The molecule has 0 unspecified atom stereocenters. The Labute approximate surface area is 130 Å². The molecule has 6 heteroatoms. The lowest BCUT2D eigenvalue weighted by atomic mass is 9.99. The van der Waals surface area contributed by atoms with Gasteiger partial charge in [-0.1, -0.05) is 6.07 Å². The number of anilines is 1. The van der Waals surface area contributed by atoms with Gasteiger partial charge in [-0.15, -0.1) is 0 Å². The zero-order chi connectivity index (χ0) is 15.5. The lowest BCUT2D eigenvalue weighted by Crippen LogP contribution is -2.38. The van der Waals surface area contributed by atoms with Crippen LogP contribution in [0.25, 0.3) is 0 Å². The Hall–Kier alpha value is -2.37. The third kappa shape index (κ3) is 3.27. The summed E-state index contributed by atoms with van der Waals surface area (Å²) in [6.45, 7) is 3.56. The fourth-order valence-corrected chi connectivity index (χ4v) is 2.87. The highest BCUT2D eigenvalue weighted by atomic mass is 16.2. The zero-order valence-corrected chi connectivity index (χ0v) is 13.0. The summed E-state index contributed by atoms with van der Waals surface area (Å²) in [6.07, 6.45) is 5.90. The first-order valence-electron chi connectivity index (χ1n) is 7.57. The van der Waals surface area contributed by atoms with E-state index >= 15 is 0 Å². The first-order chi connectivity index (χ1) is 10.6. The van der Waals surface area contributed by atoms with Crippen LogP contribution in [0.2, 0.25) is 0 Å². The molecule has 0 aliphatic carbocycles. The molecule has 3 heterocycles. The molecule has 0 aromatic carbocycles. The quantitative estimate of drug-likeness (QED) is 0.946. The van der Waals surface area contributed by atoms with Gasteiger partial charge in [0.05, 0.1) is 0 Å². The van der Waals surface area contributed by atoms with E-state index in [-0.39, 0.29) is 6.03 Å². The Morgan fingerprint density at radius 3 is 3.18 bits per heavy atom. The molecule has 0 spiro atoms. The van der Waals surface area contributed by atoms with Gasteiger partial charge in [0.25, 0.3) is 0 Å². The second kappa shape index (κ2) is 6.17. The summed E-state index contributed by atoms with van der Waals surface area (Å²) in [5.41, 5.74) is 0.889. The molecule has 0 bridgehead atoms. The van der Waals surface area contributed by atoms with Crippen LogP contribution in [0.5, 0.6) is 0 Å². The van der Waals surface area contributed by atoms with Crippen molar-refractivity contribution in [1.82, 2.24) is 19.4 Å². The standard InChI is InChI=1S/C16H21N5O/c1-12-4-3-5-14(18-12)19-16(22)20(2)10-13-6-7-15-17-8-9-21(15)11-13/h3-5,8-9,13H,6-7,10-11H2,1-2H3,(H,18,19,22)/t13-/m1/s1. The van der Waals surface area contributed by atoms with Crippen molar-refractivity contribution in [3.8, 4) is 0 Å². The maximum Gasteiger partial charge on any atom is 0.322 e. The van der Waals surface area contributed by atoms with Crippen molar-refractivity contribution in [3.63, 3.8) is 0 Å². The number of nitrogens with one attached hydrogen (secondary N) is 1. The van der Waals surface area contributed by atoms with Gasteiger partial charge in [0.15, 0.2) is 0 Å². The molecule has 0 radical (unpaired) electrons. The number of aromatic nitrogens is 3. The van der Waals surface area contributed by atoms with Gasteiger partial charge < -0.3 is 9.47 Å². The molecule has 2 aromatic rings.